The highest BCUT2D eigenvalue weighted by Crippen LogP contribution is 2.29. The summed E-state index contributed by atoms with van der Waals surface area (Å²) in [5.74, 6) is 2.56. The number of ether oxygens (including phenoxy) is 2. The lowest BCUT2D eigenvalue weighted by atomic mass is 10.2. The molecule has 3 aromatic rings. The standard InChI is InChI=1S/C21H26N6O2/c1-27(2)10-9-23-21-25-19(18-7-5-6-8-22-18)14-20(26-21)24-15-11-16(28-3)13-17(12-15)29-4/h5-8,11-14H,9-10H2,1-4H3,(H2,23,24,25,26). The number of anilines is 3. The summed E-state index contributed by atoms with van der Waals surface area (Å²) in [5.41, 5.74) is 2.30. The minimum atomic E-state index is 0.535. The topological polar surface area (TPSA) is 84.4 Å². The summed E-state index contributed by atoms with van der Waals surface area (Å²) in [6.45, 7) is 1.60. The van der Waals surface area contributed by atoms with E-state index in [1.807, 2.05) is 56.6 Å². The normalized spacial score (nSPS) is 10.7. The molecule has 0 atom stereocenters. The predicted octanol–water partition coefficient (Wildman–Crippen LogP) is 3.27. The Kier molecular flexibility index (Phi) is 6.80. The van der Waals surface area contributed by atoms with E-state index in [0.717, 1.165) is 30.2 Å². The van der Waals surface area contributed by atoms with Crippen molar-refractivity contribution >= 4 is 17.5 Å². The van der Waals surface area contributed by atoms with Gasteiger partial charge in [0, 0.05) is 49.2 Å². The van der Waals surface area contributed by atoms with Crippen LogP contribution in [-0.4, -0.2) is 61.3 Å². The van der Waals surface area contributed by atoms with Crippen molar-refractivity contribution in [3.8, 4) is 22.9 Å². The van der Waals surface area contributed by atoms with Crippen molar-refractivity contribution in [2.45, 2.75) is 0 Å². The summed E-state index contributed by atoms with van der Waals surface area (Å²) in [6, 6.07) is 13.2. The Hall–Kier alpha value is -3.39. The van der Waals surface area contributed by atoms with Crippen LogP contribution in [0, 0.1) is 0 Å². The Morgan fingerprint density at radius 1 is 0.931 bits per heavy atom. The fourth-order valence-corrected chi connectivity index (χ4v) is 2.65. The highest BCUT2D eigenvalue weighted by atomic mass is 16.5. The molecule has 0 saturated heterocycles. The third-order valence-electron chi connectivity index (χ3n) is 4.12. The summed E-state index contributed by atoms with van der Waals surface area (Å²) in [5, 5.41) is 6.59. The number of hydrogen-bond donors (Lipinski definition) is 2. The molecule has 0 radical (unpaired) electrons. The van der Waals surface area contributed by atoms with Crippen LogP contribution >= 0.6 is 0 Å². The highest BCUT2D eigenvalue weighted by Gasteiger charge is 2.10. The van der Waals surface area contributed by atoms with Crippen LogP contribution in [-0.2, 0) is 0 Å². The number of hydrogen-bond acceptors (Lipinski definition) is 8. The van der Waals surface area contributed by atoms with Crippen LogP contribution in [0.15, 0.2) is 48.7 Å². The van der Waals surface area contributed by atoms with E-state index in [-0.39, 0.29) is 0 Å². The molecule has 2 aromatic heterocycles. The van der Waals surface area contributed by atoms with E-state index in [9.17, 15) is 0 Å². The first-order chi connectivity index (χ1) is 14.1. The number of nitrogens with zero attached hydrogens (tertiary/aromatic N) is 4. The van der Waals surface area contributed by atoms with Gasteiger partial charge >= 0.3 is 0 Å². The Bertz CT molecular complexity index is 911. The van der Waals surface area contributed by atoms with E-state index in [1.54, 1.807) is 20.4 Å². The molecule has 0 amide bonds. The molecule has 0 unspecified atom stereocenters. The lowest BCUT2D eigenvalue weighted by Gasteiger charge is -2.14. The molecular formula is C21H26N6O2. The number of rotatable bonds is 9. The first kappa shape index (κ1) is 20.3. The monoisotopic (exact) mass is 394 g/mol. The molecule has 3 rings (SSSR count). The van der Waals surface area contributed by atoms with Gasteiger partial charge in [0.1, 0.15) is 17.3 Å². The van der Waals surface area contributed by atoms with Crippen LogP contribution in [0.3, 0.4) is 0 Å². The fourth-order valence-electron chi connectivity index (χ4n) is 2.65. The van der Waals surface area contributed by atoms with Gasteiger partial charge in [-0.2, -0.15) is 4.98 Å². The Morgan fingerprint density at radius 3 is 2.31 bits per heavy atom. The van der Waals surface area contributed by atoms with E-state index in [0.29, 0.717) is 23.3 Å². The second-order valence-corrected chi connectivity index (χ2v) is 6.63. The maximum absolute atomic E-state index is 5.35. The van der Waals surface area contributed by atoms with Crippen molar-refractivity contribution in [2.75, 3.05) is 52.0 Å². The van der Waals surface area contributed by atoms with Crippen molar-refractivity contribution < 1.29 is 9.47 Å². The van der Waals surface area contributed by atoms with Gasteiger partial charge < -0.3 is 25.0 Å². The van der Waals surface area contributed by atoms with E-state index in [1.165, 1.54) is 0 Å². The number of likely N-dealkylation sites (N-methyl/N-ethyl adjacent to an activating group) is 1. The van der Waals surface area contributed by atoms with Gasteiger partial charge in [-0.3, -0.25) is 4.98 Å². The lowest BCUT2D eigenvalue weighted by molar-refractivity contribution is 0.395. The summed E-state index contributed by atoms with van der Waals surface area (Å²) in [4.78, 5) is 15.7. The zero-order valence-corrected chi connectivity index (χ0v) is 17.1. The van der Waals surface area contributed by atoms with E-state index >= 15 is 0 Å². The second-order valence-electron chi connectivity index (χ2n) is 6.63. The Morgan fingerprint density at radius 2 is 1.69 bits per heavy atom. The van der Waals surface area contributed by atoms with Crippen molar-refractivity contribution in [1.29, 1.82) is 0 Å². The molecule has 0 aliphatic rings. The molecule has 2 heterocycles. The number of nitrogens with one attached hydrogen (secondary N) is 2. The van der Waals surface area contributed by atoms with Crippen LogP contribution in [0.25, 0.3) is 11.4 Å². The third kappa shape index (κ3) is 5.79. The summed E-state index contributed by atoms with van der Waals surface area (Å²) >= 11 is 0. The molecule has 0 saturated carbocycles. The molecule has 0 aliphatic carbocycles. The third-order valence-corrected chi connectivity index (χ3v) is 4.12. The molecule has 0 fully saturated rings. The second kappa shape index (κ2) is 9.70. The van der Waals surface area contributed by atoms with Crippen LogP contribution in [0.4, 0.5) is 17.5 Å². The minimum absolute atomic E-state index is 0.535. The summed E-state index contributed by atoms with van der Waals surface area (Å²) < 4.78 is 10.7. The zero-order chi connectivity index (χ0) is 20.6. The zero-order valence-electron chi connectivity index (χ0n) is 17.1. The quantitative estimate of drug-likeness (QED) is 0.572. The smallest absolute Gasteiger partial charge is 0.225 e. The number of aromatic nitrogens is 3. The van der Waals surface area contributed by atoms with Crippen LogP contribution < -0.4 is 20.1 Å². The lowest BCUT2D eigenvalue weighted by Crippen LogP contribution is -2.21. The number of benzene rings is 1. The maximum Gasteiger partial charge on any atom is 0.225 e. The molecule has 8 heteroatoms. The molecule has 2 N–H and O–H groups in total. The van der Waals surface area contributed by atoms with Crippen molar-refractivity contribution in [2.24, 2.45) is 0 Å². The van der Waals surface area contributed by atoms with Gasteiger partial charge in [0.05, 0.1) is 25.6 Å². The van der Waals surface area contributed by atoms with E-state index in [2.05, 4.69) is 30.5 Å². The number of pyridine rings is 1. The van der Waals surface area contributed by atoms with Gasteiger partial charge in [-0.05, 0) is 26.2 Å². The maximum atomic E-state index is 5.35. The van der Waals surface area contributed by atoms with Gasteiger partial charge in [0.25, 0.3) is 0 Å². The Labute approximate surface area is 170 Å². The largest absolute Gasteiger partial charge is 0.497 e. The minimum Gasteiger partial charge on any atom is -0.497 e. The van der Waals surface area contributed by atoms with Crippen LogP contribution in [0.2, 0.25) is 0 Å². The fraction of sp³-hybridized carbons (Fsp3) is 0.286. The van der Waals surface area contributed by atoms with Crippen LogP contribution in [0.1, 0.15) is 0 Å². The highest BCUT2D eigenvalue weighted by molar-refractivity contribution is 5.67. The molecule has 29 heavy (non-hydrogen) atoms. The van der Waals surface area contributed by atoms with Gasteiger partial charge in [-0.25, -0.2) is 4.98 Å². The molecule has 8 nitrogen and oxygen atoms in total. The van der Waals surface area contributed by atoms with Crippen molar-refractivity contribution in [1.82, 2.24) is 19.9 Å². The molecule has 0 bridgehead atoms. The Balaban J connectivity index is 1.92. The summed E-state index contributed by atoms with van der Waals surface area (Å²) in [7, 11) is 7.29. The molecule has 0 aliphatic heterocycles. The SMILES string of the molecule is COc1cc(Nc2cc(-c3ccccn3)nc(NCCN(C)C)n2)cc(OC)c1. The molecule has 0 spiro atoms. The van der Waals surface area contributed by atoms with E-state index in [4.69, 9.17) is 9.47 Å². The van der Waals surface area contributed by atoms with Gasteiger partial charge in [0.2, 0.25) is 5.95 Å². The van der Waals surface area contributed by atoms with Crippen molar-refractivity contribution in [3.05, 3.63) is 48.7 Å². The van der Waals surface area contributed by atoms with Gasteiger partial charge in [0.15, 0.2) is 0 Å². The van der Waals surface area contributed by atoms with E-state index < -0.39 is 0 Å². The number of methoxy groups -OCH3 is 2. The first-order valence-electron chi connectivity index (χ1n) is 9.26. The average Bonchev–Trinajstić information content (AvgIpc) is 2.73. The van der Waals surface area contributed by atoms with Crippen LogP contribution in [0.5, 0.6) is 11.5 Å². The summed E-state index contributed by atoms with van der Waals surface area (Å²) in [6.07, 6.45) is 1.75. The average molecular weight is 394 g/mol. The van der Waals surface area contributed by atoms with Crippen molar-refractivity contribution in [3.63, 3.8) is 0 Å². The van der Waals surface area contributed by atoms with Gasteiger partial charge in [-0.15, -0.1) is 0 Å². The predicted molar refractivity (Wildman–Crippen MR) is 115 cm³/mol. The molecule has 1 aromatic carbocycles. The first-order valence-corrected chi connectivity index (χ1v) is 9.26. The van der Waals surface area contributed by atoms with Gasteiger partial charge in [-0.1, -0.05) is 6.07 Å². The molecule has 152 valence electrons. The molecular weight excluding hydrogens is 368 g/mol.